The first-order chi connectivity index (χ1) is 17.4. The number of benzene rings is 1. The second-order valence-corrected chi connectivity index (χ2v) is 8.68. The van der Waals surface area contributed by atoms with Crippen LogP contribution in [-0.4, -0.2) is 37.3 Å². The van der Waals surface area contributed by atoms with E-state index in [-0.39, 0.29) is 23.0 Å². The number of hydrogen-bond acceptors (Lipinski definition) is 9. The summed E-state index contributed by atoms with van der Waals surface area (Å²) in [7, 11) is 1.51. The highest BCUT2D eigenvalue weighted by Crippen LogP contribution is 2.34. The SMILES string of the molecule is COc1ccc(C(=N)c2c(N)ncnc2NC(C)c2nc3cccc(F)c3c(=O)n2C2CCC2)cn1. The van der Waals surface area contributed by atoms with Crippen LogP contribution in [0.25, 0.3) is 10.9 Å². The van der Waals surface area contributed by atoms with Crippen molar-refractivity contribution in [1.29, 1.82) is 5.41 Å². The van der Waals surface area contributed by atoms with E-state index in [1.807, 2.05) is 6.92 Å². The van der Waals surface area contributed by atoms with E-state index in [2.05, 4.69) is 25.3 Å². The molecule has 1 aliphatic rings. The summed E-state index contributed by atoms with van der Waals surface area (Å²) in [6, 6.07) is 7.21. The summed E-state index contributed by atoms with van der Waals surface area (Å²) in [5.74, 6) is 0.722. The molecule has 1 aliphatic carbocycles. The highest BCUT2D eigenvalue weighted by Gasteiger charge is 2.28. The summed E-state index contributed by atoms with van der Waals surface area (Å²) in [6.07, 6.45) is 5.45. The van der Waals surface area contributed by atoms with Gasteiger partial charge in [0.1, 0.15) is 35.0 Å². The Morgan fingerprint density at radius 1 is 1.25 bits per heavy atom. The Labute approximate surface area is 205 Å². The smallest absolute Gasteiger partial charge is 0.264 e. The molecule has 3 aromatic heterocycles. The van der Waals surface area contributed by atoms with Gasteiger partial charge in [-0.15, -0.1) is 0 Å². The lowest BCUT2D eigenvalue weighted by molar-refractivity contribution is 0.294. The van der Waals surface area contributed by atoms with Crippen LogP contribution >= 0.6 is 0 Å². The van der Waals surface area contributed by atoms with Crippen LogP contribution in [0.3, 0.4) is 0 Å². The number of nitrogen functional groups attached to an aromatic ring is 1. The van der Waals surface area contributed by atoms with Gasteiger partial charge >= 0.3 is 0 Å². The third-order valence-electron chi connectivity index (χ3n) is 6.45. The summed E-state index contributed by atoms with van der Waals surface area (Å²) in [5, 5.41) is 12.0. The molecule has 4 N–H and O–H groups in total. The Bertz CT molecular complexity index is 1520. The molecule has 3 heterocycles. The molecule has 0 amide bonds. The van der Waals surface area contributed by atoms with Crippen LogP contribution < -0.4 is 21.3 Å². The van der Waals surface area contributed by atoms with E-state index in [4.69, 9.17) is 15.9 Å². The summed E-state index contributed by atoms with van der Waals surface area (Å²) >= 11 is 0. The van der Waals surface area contributed by atoms with Crippen LogP contribution in [0.4, 0.5) is 16.0 Å². The first-order valence-corrected chi connectivity index (χ1v) is 11.6. The number of pyridine rings is 1. The number of anilines is 2. The van der Waals surface area contributed by atoms with E-state index in [0.717, 1.165) is 19.3 Å². The molecule has 184 valence electrons. The topological polar surface area (TPSA) is 145 Å². The van der Waals surface area contributed by atoms with Crippen LogP contribution in [0.5, 0.6) is 5.88 Å². The number of halogens is 1. The molecule has 11 heteroatoms. The molecule has 1 atom stereocenters. The summed E-state index contributed by atoms with van der Waals surface area (Å²) in [5.41, 5.74) is 6.92. The number of nitrogens with zero attached hydrogens (tertiary/aromatic N) is 5. The quantitative estimate of drug-likeness (QED) is 0.335. The van der Waals surface area contributed by atoms with Crippen molar-refractivity contribution in [3.63, 3.8) is 0 Å². The van der Waals surface area contributed by atoms with Gasteiger partial charge in [-0.3, -0.25) is 14.8 Å². The molecular weight excluding hydrogens is 463 g/mol. The first kappa shape index (κ1) is 23.3. The van der Waals surface area contributed by atoms with Crippen molar-refractivity contribution < 1.29 is 9.13 Å². The maximum atomic E-state index is 14.6. The van der Waals surface area contributed by atoms with Gasteiger partial charge in [0.25, 0.3) is 5.56 Å². The second-order valence-electron chi connectivity index (χ2n) is 8.68. The monoisotopic (exact) mass is 488 g/mol. The van der Waals surface area contributed by atoms with E-state index in [1.54, 1.807) is 22.8 Å². The molecule has 10 nitrogen and oxygen atoms in total. The molecule has 0 saturated heterocycles. The predicted molar refractivity (Wildman–Crippen MR) is 134 cm³/mol. The number of ether oxygens (including phenoxy) is 1. The molecular formula is C25H25FN8O2. The lowest BCUT2D eigenvalue weighted by Gasteiger charge is -2.31. The highest BCUT2D eigenvalue weighted by atomic mass is 19.1. The standard InChI is InChI=1S/C25H25FN8O2/c1-13(24-33-17-8-4-7-16(26)19(17)25(35)34(24)15-5-3-6-15)32-23-20(22(28)30-12-31-23)21(27)14-9-10-18(36-2)29-11-14/h4,7-13,15,27H,3,5-6H2,1-2H3,(H3,28,30,31,32). The van der Waals surface area contributed by atoms with Crippen molar-refractivity contribution in [1.82, 2.24) is 24.5 Å². The normalized spacial score (nSPS) is 14.3. The van der Waals surface area contributed by atoms with Gasteiger partial charge in [-0.25, -0.2) is 24.3 Å². The van der Waals surface area contributed by atoms with Gasteiger partial charge in [0.15, 0.2) is 0 Å². The maximum absolute atomic E-state index is 14.6. The van der Waals surface area contributed by atoms with Crippen molar-refractivity contribution >= 4 is 28.3 Å². The third kappa shape index (κ3) is 4.02. The van der Waals surface area contributed by atoms with Crippen molar-refractivity contribution in [3.05, 3.63) is 76.0 Å². The van der Waals surface area contributed by atoms with E-state index in [0.29, 0.717) is 34.2 Å². The molecule has 0 bridgehead atoms. The summed E-state index contributed by atoms with van der Waals surface area (Å²) < 4.78 is 21.2. The Morgan fingerprint density at radius 2 is 2.06 bits per heavy atom. The van der Waals surface area contributed by atoms with Crippen LogP contribution in [-0.2, 0) is 0 Å². The number of hydrogen-bond donors (Lipinski definition) is 3. The fraction of sp³-hybridized carbons (Fsp3) is 0.280. The van der Waals surface area contributed by atoms with Crippen molar-refractivity contribution in [2.75, 3.05) is 18.2 Å². The fourth-order valence-electron chi connectivity index (χ4n) is 4.34. The number of fused-ring (bicyclic) bond motifs is 1. The minimum atomic E-state index is -0.586. The van der Waals surface area contributed by atoms with Crippen molar-refractivity contribution in [2.45, 2.75) is 38.3 Å². The molecule has 1 fully saturated rings. The Kier molecular flexibility index (Phi) is 6.05. The third-order valence-corrected chi connectivity index (χ3v) is 6.45. The second kappa shape index (κ2) is 9.33. The minimum absolute atomic E-state index is 0.0129. The van der Waals surface area contributed by atoms with Gasteiger partial charge in [0, 0.05) is 23.9 Å². The van der Waals surface area contributed by atoms with Gasteiger partial charge in [-0.2, -0.15) is 0 Å². The van der Waals surface area contributed by atoms with Crippen LogP contribution in [0.1, 0.15) is 55.2 Å². The zero-order valence-corrected chi connectivity index (χ0v) is 19.8. The van der Waals surface area contributed by atoms with Crippen LogP contribution in [0, 0.1) is 11.2 Å². The van der Waals surface area contributed by atoms with Gasteiger partial charge in [0.05, 0.1) is 29.9 Å². The van der Waals surface area contributed by atoms with E-state index < -0.39 is 17.4 Å². The van der Waals surface area contributed by atoms with Gasteiger partial charge in [-0.05, 0) is 44.4 Å². The number of nitrogens with one attached hydrogen (secondary N) is 2. The average Bonchev–Trinajstić information content (AvgIpc) is 2.84. The molecule has 4 aromatic rings. The molecule has 0 spiro atoms. The van der Waals surface area contributed by atoms with Crippen molar-refractivity contribution in [2.24, 2.45) is 0 Å². The molecule has 1 aromatic carbocycles. The molecule has 0 radical (unpaired) electrons. The summed E-state index contributed by atoms with van der Waals surface area (Å²) in [4.78, 5) is 30.6. The van der Waals surface area contributed by atoms with E-state index in [9.17, 15) is 9.18 Å². The Morgan fingerprint density at radius 3 is 2.72 bits per heavy atom. The summed E-state index contributed by atoms with van der Waals surface area (Å²) in [6.45, 7) is 1.84. The van der Waals surface area contributed by atoms with E-state index in [1.165, 1.54) is 31.8 Å². The number of nitrogens with two attached hydrogens (primary N) is 1. The lowest BCUT2D eigenvalue weighted by Crippen LogP contribution is -2.35. The Balaban J connectivity index is 1.56. The molecule has 1 saturated carbocycles. The van der Waals surface area contributed by atoms with E-state index >= 15 is 0 Å². The molecule has 5 rings (SSSR count). The highest BCUT2D eigenvalue weighted by molar-refractivity contribution is 6.16. The predicted octanol–water partition coefficient (Wildman–Crippen LogP) is 3.63. The Hall–Kier alpha value is -4.41. The lowest BCUT2D eigenvalue weighted by atomic mass is 9.92. The maximum Gasteiger partial charge on any atom is 0.264 e. The first-order valence-electron chi connectivity index (χ1n) is 11.6. The largest absolute Gasteiger partial charge is 0.481 e. The minimum Gasteiger partial charge on any atom is -0.481 e. The fourth-order valence-corrected chi connectivity index (χ4v) is 4.34. The van der Waals surface area contributed by atoms with Gasteiger partial charge in [0.2, 0.25) is 5.88 Å². The molecule has 1 unspecified atom stereocenters. The number of methoxy groups -OCH3 is 1. The van der Waals surface area contributed by atoms with Crippen LogP contribution in [0.15, 0.2) is 47.7 Å². The van der Waals surface area contributed by atoms with Gasteiger partial charge < -0.3 is 15.8 Å². The zero-order valence-electron chi connectivity index (χ0n) is 19.8. The molecule has 36 heavy (non-hydrogen) atoms. The number of rotatable bonds is 7. The zero-order chi connectivity index (χ0) is 25.4. The van der Waals surface area contributed by atoms with Crippen molar-refractivity contribution in [3.8, 4) is 5.88 Å². The van der Waals surface area contributed by atoms with Crippen LogP contribution in [0.2, 0.25) is 0 Å². The molecule has 0 aliphatic heterocycles. The van der Waals surface area contributed by atoms with Gasteiger partial charge in [-0.1, -0.05) is 6.07 Å². The average molecular weight is 489 g/mol. The number of aromatic nitrogens is 5.